The number of benzene rings is 1. The molecule has 0 unspecified atom stereocenters. The maximum Gasteiger partial charge on any atom is 0.258 e. The van der Waals surface area contributed by atoms with Crippen LogP contribution in [0.25, 0.3) is 0 Å². The van der Waals surface area contributed by atoms with Gasteiger partial charge in [0.15, 0.2) is 12.4 Å². The molecule has 5 heteroatoms. The van der Waals surface area contributed by atoms with Crippen LogP contribution >= 0.6 is 11.6 Å². The van der Waals surface area contributed by atoms with Crippen LogP contribution in [0.4, 0.5) is 0 Å². The lowest BCUT2D eigenvalue weighted by Crippen LogP contribution is -2.29. The zero-order chi connectivity index (χ0) is 13.5. The highest BCUT2D eigenvalue weighted by atomic mass is 35.5. The van der Waals surface area contributed by atoms with E-state index in [4.69, 9.17) is 16.3 Å². The van der Waals surface area contributed by atoms with E-state index in [0.717, 1.165) is 0 Å². The van der Waals surface area contributed by atoms with E-state index < -0.39 is 0 Å². The number of hydrogen-bond donors (Lipinski definition) is 1. The molecule has 1 rings (SSSR count). The Morgan fingerprint density at radius 1 is 1.50 bits per heavy atom. The summed E-state index contributed by atoms with van der Waals surface area (Å²) in [6, 6.07) is 4.69. The van der Waals surface area contributed by atoms with E-state index in [1.165, 1.54) is 13.0 Å². The third-order valence-corrected chi connectivity index (χ3v) is 2.36. The second-order valence-corrected chi connectivity index (χ2v) is 4.01. The van der Waals surface area contributed by atoms with Gasteiger partial charge in [0.2, 0.25) is 0 Å². The van der Waals surface area contributed by atoms with Gasteiger partial charge in [-0.3, -0.25) is 9.59 Å². The highest BCUT2D eigenvalue weighted by Gasteiger charge is 2.10. The number of rotatable bonds is 6. The van der Waals surface area contributed by atoms with Gasteiger partial charge >= 0.3 is 0 Å². The Kier molecular flexibility index (Phi) is 5.39. The molecule has 0 aliphatic rings. The predicted molar refractivity (Wildman–Crippen MR) is 70.2 cm³/mol. The van der Waals surface area contributed by atoms with Gasteiger partial charge in [-0.1, -0.05) is 17.7 Å². The quantitative estimate of drug-likeness (QED) is 0.635. The van der Waals surface area contributed by atoms with Crippen molar-refractivity contribution >= 4 is 23.3 Å². The number of carbonyl (C=O) groups excluding carboxylic acids is 2. The summed E-state index contributed by atoms with van der Waals surface area (Å²) in [4.78, 5) is 22.7. The van der Waals surface area contributed by atoms with Crippen LogP contribution in [-0.4, -0.2) is 24.8 Å². The molecule has 0 radical (unpaired) electrons. The first-order chi connectivity index (χ1) is 8.54. The van der Waals surface area contributed by atoms with Crippen molar-refractivity contribution in [3.8, 4) is 5.75 Å². The van der Waals surface area contributed by atoms with E-state index in [9.17, 15) is 9.59 Å². The van der Waals surface area contributed by atoms with E-state index in [1.807, 2.05) is 0 Å². The van der Waals surface area contributed by atoms with Gasteiger partial charge in [0.25, 0.3) is 5.91 Å². The van der Waals surface area contributed by atoms with Crippen LogP contribution in [0.5, 0.6) is 5.75 Å². The topological polar surface area (TPSA) is 55.4 Å². The third kappa shape index (κ3) is 4.22. The minimum Gasteiger partial charge on any atom is -0.483 e. The molecular formula is C13H14ClNO3. The molecule has 18 heavy (non-hydrogen) atoms. The number of amides is 1. The fourth-order valence-corrected chi connectivity index (χ4v) is 1.46. The predicted octanol–water partition coefficient (Wildman–Crippen LogP) is 2.22. The highest BCUT2D eigenvalue weighted by Crippen LogP contribution is 2.23. The highest BCUT2D eigenvalue weighted by molar-refractivity contribution is 6.31. The fourth-order valence-electron chi connectivity index (χ4n) is 1.28. The van der Waals surface area contributed by atoms with Gasteiger partial charge in [-0.05, 0) is 25.1 Å². The number of ether oxygens (including phenoxy) is 1. The summed E-state index contributed by atoms with van der Waals surface area (Å²) in [5, 5.41) is 3.02. The number of Topliss-reactive ketones (excluding diaryl/α,β-unsaturated/α-hetero) is 1. The Hall–Kier alpha value is -1.81. The Labute approximate surface area is 111 Å². The standard InChI is InChI=1S/C13H14ClNO3/c1-3-6-15-13(17)8-18-12-5-4-10(14)7-11(12)9(2)16/h3-5,7H,1,6,8H2,2H3,(H,15,17). The minimum absolute atomic E-state index is 0.157. The monoisotopic (exact) mass is 267 g/mol. The molecule has 0 saturated heterocycles. The zero-order valence-corrected chi connectivity index (χ0v) is 10.8. The Balaban J connectivity index is 2.69. The molecule has 0 heterocycles. The van der Waals surface area contributed by atoms with Crippen molar-refractivity contribution in [2.45, 2.75) is 6.92 Å². The van der Waals surface area contributed by atoms with Crippen LogP contribution in [0.2, 0.25) is 5.02 Å². The second-order valence-electron chi connectivity index (χ2n) is 3.58. The van der Waals surface area contributed by atoms with Gasteiger partial charge < -0.3 is 10.1 Å². The van der Waals surface area contributed by atoms with Gasteiger partial charge in [0, 0.05) is 11.6 Å². The Bertz CT molecular complexity index is 471. The lowest BCUT2D eigenvalue weighted by molar-refractivity contribution is -0.122. The molecule has 0 bridgehead atoms. The molecule has 4 nitrogen and oxygen atoms in total. The molecule has 0 fully saturated rings. The molecule has 1 N–H and O–H groups in total. The molecule has 96 valence electrons. The van der Waals surface area contributed by atoms with Crippen molar-refractivity contribution < 1.29 is 14.3 Å². The smallest absolute Gasteiger partial charge is 0.258 e. The molecule has 0 saturated carbocycles. The second kappa shape index (κ2) is 6.81. The van der Waals surface area contributed by atoms with E-state index in [-0.39, 0.29) is 18.3 Å². The first-order valence-electron chi connectivity index (χ1n) is 5.35. The van der Waals surface area contributed by atoms with Gasteiger partial charge in [0.1, 0.15) is 5.75 Å². The van der Waals surface area contributed by atoms with Crippen LogP contribution < -0.4 is 10.1 Å². The maximum absolute atomic E-state index is 11.4. The largest absolute Gasteiger partial charge is 0.483 e. The van der Waals surface area contributed by atoms with Crippen LogP contribution in [-0.2, 0) is 4.79 Å². The van der Waals surface area contributed by atoms with Gasteiger partial charge in [-0.2, -0.15) is 0 Å². The SMILES string of the molecule is C=CCNC(=O)COc1ccc(Cl)cc1C(C)=O. The summed E-state index contributed by atoms with van der Waals surface area (Å²) in [5.41, 5.74) is 0.360. The minimum atomic E-state index is -0.278. The number of halogens is 1. The normalized spacial score (nSPS) is 9.67. The summed E-state index contributed by atoms with van der Waals surface area (Å²) in [5.74, 6) is -0.0981. The van der Waals surface area contributed by atoms with E-state index in [2.05, 4.69) is 11.9 Å². The molecule has 1 aromatic rings. The first-order valence-corrected chi connectivity index (χ1v) is 5.73. The molecule has 0 aliphatic carbocycles. The Morgan fingerprint density at radius 3 is 2.83 bits per heavy atom. The number of ketones is 1. The van der Waals surface area contributed by atoms with Gasteiger partial charge in [-0.25, -0.2) is 0 Å². The molecule has 0 spiro atoms. The summed E-state index contributed by atoms with van der Waals surface area (Å²) >= 11 is 5.79. The van der Waals surface area contributed by atoms with Crippen molar-refractivity contribution in [3.63, 3.8) is 0 Å². The molecule has 0 atom stereocenters. The summed E-state index contributed by atoms with van der Waals surface area (Å²) in [6.45, 7) is 5.12. The number of nitrogens with one attached hydrogen (secondary N) is 1. The molecule has 1 aromatic carbocycles. The fraction of sp³-hybridized carbons (Fsp3) is 0.231. The van der Waals surface area contributed by atoms with Crippen molar-refractivity contribution in [3.05, 3.63) is 41.4 Å². The average Bonchev–Trinajstić information content (AvgIpc) is 2.34. The molecule has 0 aromatic heterocycles. The summed E-state index contributed by atoms with van der Waals surface area (Å²) < 4.78 is 5.29. The summed E-state index contributed by atoms with van der Waals surface area (Å²) in [6.07, 6.45) is 1.57. The van der Waals surface area contributed by atoms with E-state index in [0.29, 0.717) is 22.9 Å². The van der Waals surface area contributed by atoms with Crippen molar-refractivity contribution in [2.75, 3.05) is 13.2 Å². The van der Waals surface area contributed by atoms with Crippen molar-refractivity contribution in [1.29, 1.82) is 0 Å². The maximum atomic E-state index is 11.4. The van der Waals surface area contributed by atoms with Crippen LogP contribution in [0.1, 0.15) is 17.3 Å². The zero-order valence-electron chi connectivity index (χ0n) is 10.0. The van der Waals surface area contributed by atoms with Gasteiger partial charge in [-0.15, -0.1) is 6.58 Å². The third-order valence-electron chi connectivity index (χ3n) is 2.12. The molecule has 1 amide bonds. The van der Waals surface area contributed by atoms with Crippen LogP contribution in [0.15, 0.2) is 30.9 Å². The van der Waals surface area contributed by atoms with Crippen LogP contribution in [0, 0.1) is 0 Å². The van der Waals surface area contributed by atoms with Crippen LogP contribution in [0.3, 0.4) is 0 Å². The van der Waals surface area contributed by atoms with E-state index in [1.54, 1.807) is 18.2 Å². The number of hydrogen-bond acceptors (Lipinski definition) is 3. The average molecular weight is 268 g/mol. The first kappa shape index (κ1) is 14.3. The lowest BCUT2D eigenvalue weighted by Gasteiger charge is -2.09. The molecular weight excluding hydrogens is 254 g/mol. The van der Waals surface area contributed by atoms with Crippen molar-refractivity contribution in [1.82, 2.24) is 5.32 Å². The Morgan fingerprint density at radius 2 is 2.22 bits per heavy atom. The summed E-state index contributed by atoms with van der Waals surface area (Å²) in [7, 11) is 0. The lowest BCUT2D eigenvalue weighted by atomic mass is 10.1. The molecule has 0 aliphatic heterocycles. The van der Waals surface area contributed by atoms with Gasteiger partial charge in [0.05, 0.1) is 5.56 Å². The van der Waals surface area contributed by atoms with Crippen molar-refractivity contribution in [2.24, 2.45) is 0 Å². The van der Waals surface area contributed by atoms with E-state index >= 15 is 0 Å². The number of carbonyl (C=O) groups is 2.